The number of benzene rings is 2. The molecule has 1 aromatic heterocycles. The van der Waals surface area contributed by atoms with Gasteiger partial charge in [0.2, 0.25) is 10.0 Å². The lowest BCUT2D eigenvalue weighted by molar-refractivity contribution is 0.386. The van der Waals surface area contributed by atoms with Gasteiger partial charge in [-0.25, -0.2) is 13.1 Å². The second-order valence-corrected chi connectivity index (χ2v) is 7.73. The molecule has 8 heteroatoms. The van der Waals surface area contributed by atoms with Gasteiger partial charge in [0.25, 0.3) is 0 Å². The Balaban J connectivity index is 1.91. The van der Waals surface area contributed by atoms with E-state index in [0.29, 0.717) is 5.75 Å². The van der Waals surface area contributed by atoms with Crippen molar-refractivity contribution >= 4 is 20.9 Å². The fourth-order valence-electron chi connectivity index (χ4n) is 2.97. The summed E-state index contributed by atoms with van der Waals surface area (Å²) in [6.07, 6.45) is 1.90. The number of fused-ring (bicyclic) bond motifs is 1. The molecule has 0 spiro atoms. The number of rotatable bonds is 7. The van der Waals surface area contributed by atoms with E-state index in [1.54, 1.807) is 13.2 Å². The number of hydrogen-bond donors (Lipinski definition) is 1. The smallest absolute Gasteiger partial charge is 0.244 e. The van der Waals surface area contributed by atoms with Crippen LogP contribution >= 0.6 is 0 Å². The summed E-state index contributed by atoms with van der Waals surface area (Å²) in [6.45, 7) is 0.141. The Labute approximate surface area is 158 Å². The standard InChI is InChI=1S/C19H22N2O5S/c1-21-12-13(16-9-14(24-2)5-7-17(16)21)11-20-27(22,23)19-8-6-15(25-3)10-18(19)26-4/h5-10,12,20H,11H2,1-4H3. The van der Waals surface area contributed by atoms with Crippen LogP contribution in [0.15, 0.2) is 47.5 Å². The van der Waals surface area contributed by atoms with E-state index < -0.39 is 10.0 Å². The van der Waals surface area contributed by atoms with Gasteiger partial charge in [-0.15, -0.1) is 0 Å². The highest BCUT2D eigenvalue weighted by molar-refractivity contribution is 7.89. The van der Waals surface area contributed by atoms with Gasteiger partial charge in [0.05, 0.1) is 21.3 Å². The summed E-state index contributed by atoms with van der Waals surface area (Å²) >= 11 is 0. The molecule has 0 amide bonds. The lowest BCUT2D eigenvalue weighted by atomic mass is 10.1. The van der Waals surface area contributed by atoms with Crippen molar-refractivity contribution in [3.05, 3.63) is 48.2 Å². The number of sulfonamides is 1. The van der Waals surface area contributed by atoms with E-state index in [9.17, 15) is 8.42 Å². The molecular formula is C19H22N2O5S. The van der Waals surface area contributed by atoms with Gasteiger partial charge in [0, 0.05) is 36.8 Å². The normalized spacial score (nSPS) is 11.6. The van der Waals surface area contributed by atoms with Crippen molar-refractivity contribution in [2.45, 2.75) is 11.4 Å². The van der Waals surface area contributed by atoms with Crippen molar-refractivity contribution in [2.75, 3.05) is 21.3 Å². The average Bonchev–Trinajstić information content (AvgIpc) is 3.00. The zero-order valence-corrected chi connectivity index (χ0v) is 16.5. The quantitative estimate of drug-likeness (QED) is 0.671. The molecule has 0 bridgehead atoms. The molecule has 3 rings (SSSR count). The van der Waals surface area contributed by atoms with Crippen LogP contribution in [0.5, 0.6) is 17.2 Å². The topological polar surface area (TPSA) is 78.8 Å². The zero-order valence-electron chi connectivity index (χ0n) is 15.6. The van der Waals surface area contributed by atoms with Crippen LogP contribution in [-0.2, 0) is 23.6 Å². The van der Waals surface area contributed by atoms with Crippen LogP contribution in [-0.4, -0.2) is 34.3 Å². The highest BCUT2D eigenvalue weighted by Gasteiger charge is 2.21. The fraction of sp³-hybridized carbons (Fsp3) is 0.263. The minimum absolute atomic E-state index is 0.0589. The Bertz CT molecular complexity index is 1070. The molecule has 0 radical (unpaired) electrons. The number of nitrogens with one attached hydrogen (secondary N) is 1. The molecule has 0 saturated heterocycles. The number of aromatic nitrogens is 1. The molecule has 0 fully saturated rings. The Morgan fingerprint density at radius 2 is 1.63 bits per heavy atom. The predicted molar refractivity (Wildman–Crippen MR) is 103 cm³/mol. The molecule has 1 heterocycles. The molecule has 144 valence electrons. The first-order chi connectivity index (χ1) is 12.9. The number of nitrogens with zero attached hydrogens (tertiary/aromatic N) is 1. The van der Waals surface area contributed by atoms with Gasteiger partial charge >= 0.3 is 0 Å². The molecule has 2 aromatic carbocycles. The third-order valence-electron chi connectivity index (χ3n) is 4.39. The van der Waals surface area contributed by atoms with Crippen LogP contribution in [0.2, 0.25) is 0 Å². The minimum Gasteiger partial charge on any atom is -0.497 e. The summed E-state index contributed by atoms with van der Waals surface area (Å²) in [7, 11) is 2.67. The monoisotopic (exact) mass is 390 g/mol. The Hall–Kier alpha value is -2.71. The second-order valence-electron chi connectivity index (χ2n) is 5.99. The van der Waals surface area contributed by atoms with E-state index in [4.69, 9.17) is 14.2 Å². The number of hydrogen-bond acceptors (Lipinski definition) is 5. The first kappa shape index (κ1) is 19.1. The molecule has 7 nitrogen and oxygen atoms in total. The highest BCUT2D eigenvalue weighted by Crippen LogP contribution is 2.29. The molecule has 0 aliphatic carbocycles. The van der Waals surface area contributed by atoms with Crippen molar-refractivity contribution in [1.29, 1.82) is 0 Å². The summed E-state index contributed by atoms with van der Waals surface area (Å²) in [4.78, 5) is 0.0589. The van der Waals surface area contributed by atoms with Gasteiger partial charge in [-0.3, -0.25) is 0 Å². The SMILES string of the molecule is COc1ccc(S(=O)(=O)NCc2cn(C)c3ccc(OC)cc23)c(OC)c1. The van der Waals surface area contributed by atoms with Crippen LogP contribution in [0.3, 0.4) is 0 Å². The predicted octanol–water partition coefficient (Wildman–Crippen LogP) is 2.68. The maximum absolute atomic E-state index is 12.8. The molecule has 0 unspecified atom stereocenters. The summed E-state index contributed by atoms with van der Waals surface area (Å²) in [5.74, 6) is 1.46. The molecule has 0 atom stereocenters. The molecule has 0 aliphatic rings. The molecular weight excluding hydrogens is 368 g/mol. The second kappa shape index (κ2) is 7.50. The Morgan fingerprint density at radius 3 is 2.30 bits per heavy atom. The maximum atomic E-state index is 12.8. The van der Waals surface area contributed by atoms with E-state index >= 15 is 0 Å². The van der Waals surface area contributed by atoms with E-state index in [1.807, 2.05) is 36.0 Å². The van der Waals surface area contributed by atoms with Gasteiger partial charge in [-0.1, -0.05) is 0 Å². The van der Waals surface area contributed by atoms with E-state index in [2.05, 4.69) is 4.72 Å². The van der Waals surface area contributed by atoms with Crippen LogP contribution in [0, 0.1) is 0 Å². The average molecular weight is 390 g/mol. The molecule has 0 aliphatic heterocycles. The number of methoxy groups -OCH3 is 3. The maximum Gasteiger partial charge on any atom is 0.244 e. The van der Waals surface area contributed by atoms with Crippen LogP contribution in [0.1, 0.15) is 5.56 Å². The summed E-state index contributed by atoms with van der Waals surface area (Å²) in [6, 6.07) is 10.3. The van der Waals surface area contributed by atoms with Crippen molar-refractivity contribution < 1.29 is 22.6 Å². The van der Waals surface area contributed by atoms with Gasteiger partial charge < -0.3 is 18.8 Å². The van der Waals surface area contributed by atoms with Crippen molar-refractivity contribution in [3.8, 4) is 17.2 Å². The minimum atomic E-state index is -3.77. The van der Waals surface area contributed by atoms with Crippen LogP contribution < -0.4 is 18.9 Å². The van der Waals surface area contributed by atoms with Gasteiger partial charge in [-0.05, 0) is 35.9 Å². The fourth-order valence-corrected chi connectivity index (χ4v) is 4.12. The summed E-state index contributed by atoms with van der Waals surface area (Å²) < 4.78 is 45.8. The van der Waals surface area contributed by atoms with E-state index in [-0.39, 0.29) is 17.2 Å². The first-order valence-electron chi connectivity index (χ1n) is 8.23. The lowest BCUT2D eigenvalue weighted by Crippen LogP contribution is -2.23. The molecule has 1 N–H and O–H groups in total. The van der Waals surface area contributed by atoms with Gasteiger partial charge in [0.1, 0.15) is 22.1 Å². The molecule has 0 saturated carbocycles. The zero-order chi connectivity index (χ0) is 19.6. The summed E-state index contributed by atoms with van der Waals surface area (Å²) in [5, 5.41) is 0.932. The number of aryl methyl sites for hydroxylation is 1. The van der Waals surface area contributed by atoms with Crippen LogP contribution in [0.25, 0.3) is 10.9 Å². The van der Waals surface area contributed by atoms with E-state index in [0.717, 1.165) is 22.2 Å². The van der Waals surface area contributed by atoms with Crippen molar-refractivity contribution in [2.24, 2.45) is 7.05 Å². The van der Waals surface area contributed by atoms with E-state index in [1.165, 1.54) is 26.4 Å². The highest BCUT2D eigenvalue weighted by atomic mass is 32.2. The van der Waals surface area contributed by atoms with Crippen molar-refractivity contribution in [3.63, 3.8) is 0 Å². The largest absolute Gasteiger partial charge is 0.497 e. The lowest BCUT2D eigenvalue weighted by Gasteiger charge is -2.12. The third-order valence-corrected chi connectivity index (χ3v) is 5.83. The van der Waals surface area contributed by atoms with Gasteiger partial charge in [0.15, 0.2) is 0 Å². The van der Waals surface area contributed by atoms with Crippen molar-refractivity contribution in [1.82, 2.24) is 9.29 Å². The van der Waals surface area contributed by atoms with Crippen LogP contribution in [0.4, 0.5) is 0 Å². The third kappa shape index (κ3) is 3.72. The Morgan fingerprint density at radius 1 is 0.963 bits per heavy atom. The molecule has 27 heavy (non-hydrogen) atoms. The molecule has 3 aromatic rings. The first-order valence-corrected chi connectivity index (χ1v) is 9.71. The summed E-state index contributed by atoms with van der Waals surface area (Å²) in [5.41, 5.74) is 1.84. The Kier molecular flexibility index (Phi) is 5.29. The van der Waals surface area contributed by atoms with Gasteiger partial charge in [-0.2, -0.15) is 0 Å². The number of ether oxygens (including phenoxy) is 3.